The number of rotatable bonds is 6. The van der Waals surface area contributed by atoms with E-state index in [1.807, 2.05) is 23.9 Å². The molecule has 0 amide bonds. The Morgan fingerprint density at radius 2 is 1.40 bits per heavy atom. The average molecular weight is 357 g/mol. The third-order valence-corrected chi connectivity index (χ3v) is 3.71. The number of anilines is 2. The molecule has 128 valence electrons. The maximum Gasteiger partial charge on any atom is 0.227 e. The SMILES string of the molecule is CN(Cc1cnccn1)c1ncc(Cl)c(N(C)Cc2cnccn2)n1. The molecule has 3 heterocycles. The van der Waals surface area contributed by atoms with Gasteiger partial charge < -0.3 is 9.80 Å². The molecule has 25 heavy (non-hydrogen) atoms. The lowest BCUT2D eigenvalue weighted by molar-refractivity contribution is 0.813. The molecule has 3 aromatic heterocycles. The van der Waals surface area contributed by atoms with Gasteiger partial charge in [-0.15, -0.1) is 0 Å². The largest absolute Gasteiger partial charge is 0.352 e. The molecular formula is C16H17ClN8. The molecular weight excluding hydrogens is 340 g/mol. The van der Waals surface area contributed by atoms with E-state index in [2.05, 4.69) is 29.9 Å². The van der Waals surface area contributed by atoms with Crippen LogP contribution in [0.25, 0.3) is 0 Å². The zero-order chi connectivity index (χ0) is 17.6. The molecule has 0 N–H and O–H groups in total. The van der Waals surface area contributed by atoms with Crippen LogP contribution in [-0.2, 0) is 13.1 Å². The molecule has 0 unspecified atom stereocenters. The minimum Gasteiger partial charge on any atom is -0.352 e. The van der Waals surface area contributed by atoms with Crippen molar-refractivity contribution in [3.8, 4) is 0 Å². The summed E-state index contributed by atoms with van der Waals surface area (Å²) >= 11 is 6.28. The van der Waals surface area contributed by atoms with Gasteiger partial charge in [-0.2, -0.15) is 4.98 Å². The van der Waals surface area contributed by atoms with E-state index in [9.17, 15) is 0 Å². The van der Waals surface area contributed by atoms with Crippen LogP contribution in [0.3, 0.4) is 0 Å². The highest BCUT2D eigenvalue weighted by Crippen LogP contribution is 2.25. The second kappa shape index (κ2) is 7.80. The summed E-state index contributed by atoms with van der Waals surface area (Å²) in [6, 6.07) is 0. The fourth-order valence-electron chi connectivity index (χ4n) is 2.26. The van der Waals surface area contributed by atoms with Crippen LogP contribution >= 0.6 is 11.6 Å². The number of aromatic nitrogens is 6. The van der Waals surface area contributed by atoms with Crippen molar-refractivity contribution in [1.82, 2.24) is 29.9 Å². The van der Waals surface area contributed by atoms with Crippen LogP contribution < -0.4 is 9.80 Å². The van der Waals surface area contributed by atoms with Gasteiger partial charge in [0.25, 0.3) is 0 Å². The number of halogens is 1. The molecule has 0 aliphatic rings. The molecule has 0 fully saturated rings. The summed E-state index contributed by atoms with van der Waals surface area (Å²) in [7, 11) is 3.79. The van der Waals surface area contributed by atoms with E-state index in [4.69, 9.17) is 11.6 Å². The van der Waals surface area contributed by atoms with Gasteiger partial charge in [0.05, 0.1) is 43.1 Å². The molecule has 8 nitrogen and oxygen atoms in total. The van der Waals surface area contributed by atoms with Crippen molar-refractivity contribution in [3.05, 3.63) is 59.8 Å². The van der Waals surface area contributed by atoms with E-state index >= 15 is 0 Å². The van der Waals surface area contributed by atoms with Gasteiger partial charge in [-0.1, -0.05) is 11.6 Å². The molecule has 0 bridgehead atoms. The van der Waals surface area contributed by atoms with Crippen molar-refractivity contribution in [2.45, 2.75) is 13.1 Å². The van der Waals surface area contributed by atoms with Crippen LogP contribution in [-0.4, -0.2) is 44.0 Å². The monoisotopic (exact) mass is 356 g/mol. The lowest BCUT2D eigenvalue weighted by atomic mass is 10.4. The lowest BCUT2D eigenvalue weighted by Gasteiger charge is -2.22. The van der Waals surface area contributed by atoms with Crippen LogP contribution in [0.15, 0.2) is 43.4 Å². The van der Waals surface area contributed by atoms with Crippen LogP contribution in [0.2, 0.25) is 5.02 Å². The molecule has 0 aliphatic carbocycles. The fourth-order valence-corrected chi connectivity index (χ4v) is 2.49. The Balaban J connectivity index is 1.77. The number of hydrogen-bond donors (Lipinski definition) is 0. The van der Waals surface area contributed by atoms with Crippen molar-refractivity contribution in [3.63, 3.8) is 0 Å². The summed E-state index contributed by atoms with van der Waals surface area (Å²) in [5.41, 5.74) is 1.66. The molecule has 0 spiro atoms. The molecule has 0 saturated carbocycles. The van der Waals surface area contributed by atoms with Crippen LogP contribution in [0.4, 0.5) is 11.8 Å². The lowest BCUT2D eigenvalue weighted by Crippen LogP contribution is -2.23. The van der Waals surface area contributed by atoms with Gasteiger partial charge in [-0.3, -0.25) is 19.9 Å². The van der Waals surface area contributed by atoms with Crippen molar-refractivity contribution < 1.29 is 0 Å². The number of hydrogen-bond acceptors (Lipinski definition) is 8. The first-order chi connectivity index (χ1) is 12.1. The van der Waals surface area contributed by atoms with Gasteiger partial charge in [-0.25, -0.2) is 4.98 Å². The highest BCUT2D eigenvalue weighted by atomic mass is 35.5. The topological polar surface area (TPSA) is 83.8 Å². The second-order valence-electron chi connectivity index (χ2n) is 5.45. The average Bonchev–Trinajstić information content (AvgIpc) is 2.63. The van der Waals surface area contributed by atoms with Crippen molar-refractivity contribution in [2.24, 2.45) is 0 Å². The molecule has 3 rings (SSSR count). The van der Waals surface area contributed by atoms with E-state index in [1.54, 1.807) is 43.4 Å². The molecule has 0 aromatic carbocycles. The standard InChI is InChI=1S/C16H17ClN8/c1-24(10-12-7-18-3-5-20-12)15-14(17)9-22-16(23-15)25(2)11-13-8-19-4-6-21-13/h3-9H,10-11H2,1-2H3. The fraction of sp³-hybridized carbons (Fsp3) is 0.250. The van der Waals surface area contributed by atoms with Gasteiger partial charge in [0.2, 0.25) is 5.95 Å². The van der Waals surface area contributed by atoms with Crippen LogP contribution in [0, 0.1) is 0 Å². The Bertz CT molecular complexity index is 815. The third kappa shape index (κ3) is 4.36. The minimum atomic E-state index is 0.475. The molecule has 0 atom stereocenters. The molecule has 0 aliphatic heterocycles. The van der Waals surface area contributed by atoms with Crippen molar-refractivity contribution >= 4 is 23.4 Å². The molecule has 0 radical (unpaired) electrons. The van der Waals surface area contributed by atoms with Crippen molar-refractivity contribution in [1.29, 1.82) is 0 Å². The van der Waals surface area contributed by atoms with E-state index < -0.39 is 0 Å². The van der Waals surface area contributed by atoms with Gasteiger partial charge in [0, 0.05) is 38.9 Å². The normalized spacial score (nSPS) is 10.5. The van der Waals surface area contributed by atoms with E-state index in [0.29, 0.717) is 29.9 Å². The first-order valence-electron chi connectivity index (χ1n) is 7.58. The summed E-state index contributed by atoms with van der Waals surface area (Å²) in [5, 5.41) is 0.475. The summed E-state index contributed by atoms with van der Waals surface area (Å²) < 4.78 is 0. The Morgan fingerprint density at radius 3 is 1.96 bits per heavy atom. The Labute approximate surface area is 150 Å². The first-order valence-corrected chi connectivity index (χ1v) is 7.96. The second-order valence-corrected chi connectivity index (χ2v) is 5.85. The summed E-state index contributed by atoms with van der Waals surface area (Å²) in [5.74, 6) is 1.18. The smallest absolute Gasteiger partial charge is 0.227 e. The molecule has 3 aromatic rings. The highest BCUT2D eigenvalue weighted by Gasteiger charge is 2.14. The summed E-state index contributed by atoms with van der Waals surface area (Å²) in [6.45, 7) is 1.08. The molecule has 0 saturated heterocycles. The summed E-state index contributed by atoms with van der Waals surface area (Å²) in [6.07, 6.45) is 11.6. The Morgan fingerprint density at radius 1 is 0.800 bits per heavy atom. The quantitative estimate of drug-likeness (QED) is 0.663. The zero-order valence-electron chi connectivity index (χ0n) is 13.9. The number of nitrogens with zero attached hydrogens (tertiary/aromatic N) is 8. The van der Waals surface area contributed by atoms with Gasteiger partial charge in [0.15, 0.2) is 5.82 Å². The predicted molar refractivity (Wildman–Crippen MR) is 95.3 cm³/mol. The van der Waals surface area contributed by atoms with Gasteiger partial charge in [-0.05, 0) is 0 Å². The van der Waals surface area contributed by atoms with E-state index in [1.165, 1.54) is 0 Å². The molecule has 9 heteroatoms. The summed E-state index contributed by atoms with van der Waals surface area (Å²) in [4.78, 5) is 29.4. The van der Waals surface area contributed by atoms with E-state index in [-0.39, 0.29) is 0 Å². The Hall–Kier alpha value is -2.87. The maximum absolute atomic E-state index is 6.28. The van der Waals surface area contributed by atoms with Gasteiger partial charge >= 0.3 is 0 Å². The minimum absolute atomic E-state index is 0.475. The zero-order valence-corrected chi connectivity index (χ0v) is 14.7. The van der Waals surface area contributed by atoms with Crippen LogP contribution in [0.5, 0.6) is 0 Å². The Kier molecular flexibility index (Phi) is 5.30. The van der Waals surface area contributed by atoms with E-state index in [0.717, 1.165) is 11.4 Å². The van der Waals surface area contributed by atoms with Crippen LogP contribution in [0.1, 0.15) is 11.4 Å². The first kappa shape index (κ1) is 17.0. The highest BCUT2D eigenvalue weighted by molar-refractivity contribution is 6.32. The third-order valence-electron chi connectivity index (χ3n) is 3.45. The maximum atomic E-state index is 6.28. The van der Waals surface area contributed by atoms with Gasteiger partial charge in [0.1, 0.15) is 5.02 Å². The van der Waals surface area contributed by atoms with Crippen molar-refractivity contribution in [2.75, 3.05) is 23.9 Å². The predicted octanol–water partition coefficient (Wildman–Crippen LogP) is 1.98.